The average Bonchev–Trinajstić information content (AvgIpc) is 2.67. The fraction of sp³-hybridized carbons (Fsp3) is 0.300. The summed E-state index contributed by atoms with van der Waals surface area (Å²) in [6.07, 6.45) is 0.908. The van der Waals surface area contributed by atoms with Crippen LogP contribution in [0.25, 0.3) is 0 Å². The zero-order chi connectivity index (χ0) is 18.5. The van der Waals surface area contributed by atoms with Gasteiger partial charge >= 0.3 is 5.97 Å². The third-order valence-corrected chi connectivity index (χ3v) is 4.21. The molecule has 2 aromatic rings. The van der Waals surface area contributed by atoms with Crippen molar-refractivity contribution >= 4 is 17.6 Å². The highest BCUT2D eigenvalue weighted by atomic mass is 19.1. The van der Waals surface area contributed by atoms with Crippen LogP contribution in [0.5, 0.6) is 5.75 Å². The van der Waals surface area contributed by atoms with Crippen molar-refractivity contribution in [2.45, 2.75) is 25.9 Å². The summed E-state index contributed by atoms with van der Waals surface area (Å²) < 4.78 is 23.4. The van der Waals surface area contributed by atoms with Crippen LogP contribution in [0.4, 0.5) is 10.1 Å². The smallest absolute Gasteiger partial charge is 0.347 e. The van der Waals surface area contributed by atoms with Crippen molar-refractivity contribution in [3.05, 3.63) is 59.9 Å². The number of hydrogen-bond donors (Lipinski definition) is 0. The molecule has 1 aliphatic rings. The largest absolute Gasteiger partial charge is 0.479 e. The quantitative estimate of drug-likeness (QED) is 0.772. The second-order valence-corrected chi connectivity index (χ2v) is 6.10. The van der Waals surface area contributed by atoms with Crippen molar-refractivity contribution in [3.8, 4) is 5.75 Å². The number of carbonyl (C=O) groups excluding carboxylic acids is 2. The monoisotopic (exact) mass is 357 g/mol. The van der Waals surface area contributed by atoms with E-state index in [-0.39, 0.29) is 18.3 Å². The Kier molecular flexibility index (Phi) is 5.51. The lowest BCUT2D eigenvalue weighted by Crippen LogP contribution is -2.39. The first-order chi connectivity index (χ1) is 12.5. The molecule has 0 radical (unpaired) electrons. The van der Waals surface area contributed by atoms with Gasteiger partial charge in [-0.15, -0.1) is 0 Å². The second kappa shape index (κ2) is 7.99. The van der Waals surface area contributed by atoms with Gasteiger partial charge in [0, 0.05) is 12.2 Å². The van der Waals surface area contributed by atoms with E-state index in [2.05, 4.69) is 0 Å². The summed E-state index contributed by atoms with van der Waals surface area (Å²) >= 11 is 0. The van der Waals surface area contributed by atoms with Crippen LogP contribution in [-0.4, -0.2) is 31.1 Å². The standard InChI is InChI=1S/C20H20FNO4/c1-14(26-17-10-8-16(21)9-11-17)20(24)25-13-19(23)22-12-4-6-15-5-2-3-7-18(15)22/h2-3,5,7-11,14H,4,6,12-13H2,1H3/t14-/m0/s1. The van der Waals surface area contributed by atoms with Gasteiger partial charge in [-0.3, -0.25) is 4.79 Å². The average molecular weight is 357 g/mol. The van der Waals surface area contributed by atoms with E-state index in [1.54, 1.807) is 4.90 Å². The Balaban J connectivity index is 1.54. The van der Waals surface area contributed by atoms with Gasteiger partial charge in [0.25, 0.3) is 5.91 Å². The summed E-state index contributed by atoms with van der Waals surface area (Å²) in [5.41, 5.74) is 1.99. The predicted molar refractivity (Wildman–Crippen MR) is 94.6 cm³/mol. The fourth-order valence-electron chi connectivity index (χ4n) is 2.89. The number of rotatable bonds is 5. The zero-order valence-corrected chi connectivity index (χ0v) is 14.5. The number of hydrogen-bond acceptors (Lipinski definition) is 4. The Morgan fingerprint density at radius 2 is 1.88 bits per heavy atom. The van der Waals surface area contributed by atoms with Gasteiger partial charge in [0.05, 0.1) is 0 Å². The van der Waals surface area contributed by atoms with Crippen LogP contribution in [0.1, 0.15) is 18.9 Å². The van der Waals surface area contributed by atoms with Crippen LogP contribution in [0.2, 0.25) is 0 Å². The molecule has 0 bridgehead atoms. The van der Waals surface area contributed by atoms with Crippen LogP contribution < -0.4 is 9.64 Å². The number of para-hydroxylation sites is 1. The van der Waals surface area contributed by atoms with E-state index >= 15 is 0 Å². The minimum absolute atomic E-state index is 0.264. The molecule has 0 aliphatic carbocycles. The summed E-state index contributed by atoms with van der Waals surface area (Å²) in [7, 11) is 0. The maximum Gasteiger partial charge on any atom is 0.347 e. The molecule has 0 fully saturated rings. The first-order valence-electron chi connectivity index (χ1n) is 8.52. The number of halogens is 1. The van der Waals surface area contributed by atoms with Gasteiger partial charge in [-0.05, 0) is 55.7 Å². The number of nitrogens with zero attached hydrogens (tertiary/aromatic N) is 1. The van der Waals surface area contributed by atoms with Crippen LogP contribution in [0.15, 0.2) is 48.5 Å². The number of amides is 1. The molecule has 2 aromatic carbocycles. The van der Waals surface area contributed by atoms with Gasteiger partial charge in [-0.25, -0.2) is 9.18 Å². The summed E-state index contributed by atoms with van der Waals surface area (Å²) in [4.78, 5) is 26.2. The van der Waals surface area contributed by atoms with Gasteiger partial charge in [0.2, 0.25) is 0 Å². The van der Waals surface area contributed by atoms with E-state index in [9.17, 15) is 14.0 Å². The third-order valence-electron chi connectivity index (χ3n) is 4.21. The number of carbonyl (C=O) groups is 2. The Bertz CT molecular complexity index is 791. The maximum absolute atomic E-state index is 12.9. The number of benzene rings is 2. The second-order valence-electron chi connectivity index (χ2n) is 6.10. The van der Waals surface area contributed by atoms with Crippen molar-refractivity contribution in [1.82, 2.24) is 0 Å². The van der Waals surface area contributed by atoms with E-state index in [0.29, 0.717) is 12.3 Å². The molecular formula is C20H20FNO4. The van der Waals surface area contributed by atoms with E-state index < -0.39 is 12.1 Å². The van der Waals surface area contributed by atoms with Gasteiger partial charge in [-0.1, -0.05) is 18.2 Å². The van der Waals surface area contributed by atoms with E-state index in [1.807, 2.05) is 24.3 Å². The summed E-state index contributed by atoms with van der Waals surface area (Å²) in [6.45, 7) is 1.78. The van der Waals surface area contributed by atoms with E-state index in [0.717, 1.165) is 24.1 Å². The molecule has 0 saturated carbocycles. The number of ether oxygens (including phenoxy) is 2. The molecule has 0 N–H and O–H groups in total. The highest BCUT2D eigenvalue weighted by molar-refractivity contribution is 5.96. The molecule has 1 atom stereocenters. The van der Waals surface area contributed by atoms with Crippen LogP contribution in [0.3, 0.4) is 0 Å². The van der Waals surface area contributed by atoms with Crippen LogP contribution >= 0.6 is 0 Å². The molecule has 0 aromatic heterocycles. The molecule has 1 heterocycles. The number of aryl methyl sites for hydroxylation is 1. The summed E-state index contributed by atoms with van der Waals surface area (Å²) in [6, 6.07) is 13.1. The van der Waals surface area contributed by atoms with Gasteiger partial charge in [0.1, 0.15) is 11.6 Å². The van der Waals surface area contributed by atoms with Crippen molar-refractivity contribution < 1.29 is 23.5 Å². The SMILES string of the molecule is C[C@H](Oc1ccc(F)cc1)C(=O)OCC(=O)N1CCCc2ccccc21. The lowest BCUT2D eigenvalue weighted by atomic mass is 10.0. The fourth-order valence-corrected chi connectivity index (χ4v) is 2.89. The van der Waals surface area contributed by atoms with Crippen molar-refractivity contribution in [2.75, 3.05) is 18.1 Å². The van der Waals surface area contributed by atoms with E-state index in [1.165, 1.54) is 31.2 Å². The lowest BCUT2D eigenvalue weighted by Gasteiger charge is -2.29. The Hall–Kier alpha value is -2.89. The number of fused-ring (bicyclic) bond motifs is 1. The van der Waals surface area contributed by atoms with Gasteiger partial charge in [-0.2, -0.15) is 0 Å². The predicted octanol–water partition coefficient (Wildman–Crippen LogP) is 3.12. The Morgan fingerprint density at radius 1 is 1.15 bits per heavy atom. The first kappa shape index (κ1) is 17.9. The molecule has 6 heteroatoms. The lowest BCUT2D eigenvalue weighted by molar-refractivity contribution is -0.154. The molecular weight excluding hydrogens is 337 g/mol. The highest BCUT2D eigenvalue weighted by Crippen LogP contribution is 2.26. The van der Waals surface area contributed by atoms with Crippen LogP contribution in [0, 0.1) is 5.82 Å². The number of anilines is 1. The first-order valence-corrected chi connectivity index (χ1v) is 8.52. The summed E-state index contributed by atoms with van der Waals surface area (Å²) in [5, 5.41) is 0. The van der Waals surface area contributed by atoms with Gasteiger partial charge < -0.3 is 14.4 Å². The molecule has 0 saturated heterocycles. The zero-order valence-electron chi connectivity index (χ0n) is 14.5. The normalized spacial score (nSPS) is 14.3. The molecule has 1 aliphatic heterocycles. The Morgan fingerprint density at radius 3 is 2.65 bits per heavy atom. The number of esters is 1. The third kappa shape index (κ3) is 4.20. The van der Waals surface area contributed by atoms with Crippen molar-refractivity contribution in [3.63, 3.8) is 0 Å². The minimum Gasteiger partial charge on any atom is -0.479 e. The molecule has 136 valence electrons. The maximum atomic E-state index is 12.9. The molecule has 1 amide bonds. The van der Waals surface area contributed by atoms with Gasteiger partial charge in [0.15, 0.2) is 12.7 Å². The van der Waals surface area contributed by atoms with Crippen molar-refractivity contribution in [1.29, 1.82) is 0 Å². The molecule has 5 nitrogen and oxygen atoms in total. The molecule has 0 unspecified atom stereocenters. The Labute approximate surface area is 151 Å². The summed E-state index contributed by atoms with van der Waals surface area (Å²) in [5.74, 6) is -0.945. The van der Waals surface area contributed by atoms with E-state index in [4.69, 9.17) is 9.47 Å². The minimum atomic E-state index is -0.901. The molecule has 3 rings (SSSR count). The van der Waals surface area contributed by atoms with Crippen molar-refractivity contribution in [2.24, 2.45) is 0 Å². The molecule has 0 spiro atoms. The van der Waals surface area contributed by atoms with Crippen LogP contribution in [-0.2, 0) is 20.7 Å². The molecule has 26 heavy (non-hydrogen) atoms. The topological polar surface area (TPSA) is 55.8 Å². The highest BCUT2D eigenvalue weighted by Gasteiger charge is 2.24.